The molecule has 1 N–H and O–H groups in total. The molecule has 1 unspecified atom stereocenters. The van der Waals surface area contributed by atoms with Gasteiger partial charge in [0, 0.05) is 6.42 Å². The summed E-state index contributed by atoms with van der Waals surface area (Å²) in [5, 5.41) is 2.54. The Morgan fingerprint density at radius 1 is 1.57 bits per heavy atom. The van der Waals surface area contributed by atoms with Crippen molar-refractivity contribution in [3.63, 3.8) is 0 Å². The Morgan fingerprint density at radius 2 is 2.21 bits per heavy atom. The molecule has 0 aliphatic carbocycles. The van der Waals surface area contributed by atoms with Crippen molar-refractivity contribution in [3.05, 3.63) is 12.7 Å². The van der Waals surface area contributed by atoms with Crippen molar-refractivity contribution in [2.45, 2.75) is 32.7 Å². The SMILES string of the molecule is C=CCCC(=O)NC(C)C(=O)OCC. The summed E-state index contributed by atoms with van der Waals surface area (Å²) in [7, 11) is 0. The highest BCUT2D eigenvalue weighted by Gasteiger charge is 2.15. The van der Waals surface area contributed by atoms with Crippen molar-refractivity contribution in [3.8, 4) is 0 Å². The molecule has 4 heteroatoms. The maximum atomic E-state index is 11.2. The number of rotatable bonds is 6. The van der Waals surface area contributed by atoms with E-state index in [1.54, 1.807) is 19.9 Å². The first kappa shape index (κ1) is 12.7. The molecule has 0 saturated carbocycles. The van der Waals surface area contributed by atoms with E-state index in [1.807, 2.05) is 0 Å². The largest absolute Gasteiger partial charge is 0.464 e. The summed E-state index contributed by atoms with van der Waals surface area (Å²) in [6.45, 7) is 7.16. The average molecular weight is 199 g/mol. The van der Waals surface area contributed by atoms with Crippen LogP contribution in [0.4, 0.5) is 0 Å². The van der Waals surface area contributed by atoms with Crippen LogP contribution in [0.25, 0.3) is 0 Å². The van der Waals surface area contributed by atoms with Gasteiger partial charge < -0.3 is 10.1 Å². The number of esters is 1. The van der Waals surface area contributed by atoms with E-state index in [0.717, 1.165) is 0 Å². The molecule has 0 rings (SSSR count). The lowest BCUT2D eigenvalue weighted by molar-refractivity contribution is -0.146. The summed E-state index contributed by atoms with van der Waals surface area (Å²) in [5.74, 6) is -0.565. The topological polar surface area (TPSA) is 55.4 Å². The molecule has 0 bridgehead atoms. The average Bonchev–Trinajstić information content (AvgIpc) is 2.15. The van der Waals surface area contributed by atoms with Crippen LogP contribution in [-0.2, 0) is 14.3 Å². The summed E-state index contributed by atoms with van der Waals surface area (Å²) in [6, 6.07) is -0.577. The predicted octanol–water partition coefficient (Wildman–Crippen LogP) is 1.02. The first-order valence-corrected chi connectivity index (χ1v) is 4.68. The summed E-state index contributed by atoms with van der Waals surface area (Å²) >= 11 is 0. The van der Waals surface area contributed by atoms with Crippen LogP contribution in [-0.4, -0.2) is 24.5 Å². The second kappa shape index (κ2) is 7.12. The third kappa shape index (κ3) is 5.35. The molecule has 0 saturated heterocycles. The number of carbonyl (C=O) groups excluding carboxylic acids is 2. The maximum absolute atomic E-state index is 11.2. The highest BCUT2D eigenvalue weighted by atomic mass is 16.5. The molecule has 0 radical (unpaired) electrons. The summed E-state index contributed by atoms with van der Waals surface area (Å²) < 4.78 is 4.74. The van der Waals surface area contributed by atoms with Gasteiger partial charge in [-0.2, -0.15) is 0 Å². The summed E-state index contributed by atoms with van der Waals surface area (Å²) in [5.41, 5.74) is 0. The van der Waals surface area contributed by atoms with Gasteiger partial charge in [-0.1, -0.05) is 6.08 Å². The molecule has 0 aliphatic rings. The van der Waals surface area contributed by atoms with Crippen LogP contribution in [0.15, 0.2) is 12.7 Å². The number of allylic oxidation sites excluding steroid dienone is 1. The van der Waals surface area contributed by atoms with E-state index in [0.29, 0.717) is 19.4 Å². The van der Waals surface area contributed by atoms with Crippen molar-refractivity contribution >= 4 is 11.9 Å². The zero-order chi connectivity index (χ0) is 11.0. The fraction of sp³-hybridized carbons (Fsp3) is 0.600. The van der Waals surface area contributed by atoms with Crippen molar-refractivity contribution in [1.29, 1.82) is 0 Å². The molecule has 14 heavy (non-hydrogen) atoms. The van der Waals surface area contributed by atoms with E-state index in [4.69, 9.17) is 4.74 Å². The molecule has 0 aromatic rings. The zero-order valence-electron chi connectivity index (χ0n) is 8.71. The van der Waals surface area contributed by atoms with E-state index in [-0.39, 0.29) is 5.91 Å². The van der Waals surface area contributed by atoms with Gasteiger partial charge in [0.1, 0.15) is 6.04 Å². The van der Waals surface area contributed by atoms with Crippen molar-refractivity contribution in [2.75, 3.05) is 6.61 Å². The van der Waals surface area contributed by atoms with Crippen molar-refractivity contribution < 1.29 is 14.3 Å². The van der Waals surface area contributed by atoms with Gasteiger partial charge in [0.05, 0.1) is 6.61 Å². The molecule has 1 atom stereocenters. The van der Waals surface area contributed by atoms with Gasteiger partial charge in [0.15, 0.2) is 0 Å². The fourth-order valence-electron chi connectivity index (χ4n) is 0.873. The lowest BCUT2D eigenvalue weighted by atomic mass is 10.2. The van der Waals surface area contributed by atoms with Crippen LogP contribution in [0, 0.1) is 0 Å². The van der Waals surface area contributed by atoms with Gasteiger partial charge in [-0.15, -0.1) is 6.58 Å². The fourth-order valence-corrected chi connectivity index (χ4v) is 0.873. The maximum Gasteiger partial charge on any atom is 0.328 e. The van der Waals surface area contributed by atoms with Crippen molar-refractivity contribution in [2.24, 2.45) is 0 Å². The first-order chi connectivity index (χ1) is 6.61. The molecule has 0 aromatic heterocycles. The summed E-state index contributed by atoms with van der Waals surface area (Å²) in [4.78, 5) is 22.2. The Kier molecular flexibility index (Phi) is 6.45. The van der Waals surface area contributed by atoms with Crippen LogP contribution in [0.1, 0.15) is 26.7 Å². The Hall–Kier alpha value is -1.32. The molecular formula is C10H17NO3. The number of amides is 1. The highest BCUT2D eigenvalue weighted by molar-refractivity contribution is 5.84. The van der Waals surface area contributed by atoms with E-state index >= 15 is 0 Å². The summed E-state index contributed by atoms with van der Waals surface area (Å²) in [6.07, 6.45) is 2.63. The Balaban J connectivity index is 3.80. The number of carbonyl (C=O) groups is 2. The monoisotopic (exact) mass is 199 g/mol. The number of nitrogens with one attached hydrogen (secondary N) is 1. The normalized spacial score (nSPS) is 11.6. The van der Waals surface area contributed by atoms with Gasteiger partial charge in [-0.05, 0) is 20.3 Å². The van der Waals surface area contributed by atoms with Crippen LogP contribution < -0.4 is 5.32 Å². The third-order valence-corrected chi connectivity index (χ3v) is 1.59. The Labute approximate surface area is 84.3 Å². The number of ether oxygens (including phenoxy) is 1. The van der Waals surface area contributed by atoms with Crippen LogP contribution in [0.5, 0.6) is 0 Å². The van der Waals surface area contributed by atoms with Gasteiger partial charge in [-0.25, -0.2) is 4.79 Å². The zero-order valence-corrected chi connectivity index (χ0v) is 8.71. The minimum atomic E-state index is -0.577. The van der Waals surface area contributed by atoms with E-state index in [9.17, 15) is 9.59 Å². The predicted molar refractivity (Wildman–Crippen MR) is 53.7 cm³/mol. The van der Waals surface area contributed by atoms with Gasteiger partial charge in [-0.3, -0.25) is 4.79 Å². The molecule has 1 amide bonds. The van der Waals surface area contributed by atoms with Gasteiger partial charge >= 0.3 is 5.97 Å². The minimum absolute atomic E-state index is 0.162. The lowest BCUT2D eigenvalue weighted by Gasteiger charge is -2.11. The van der Waals surface area contributed by atoms with Crippen molar-refractivity contribution in [1.82, 2.24) is 5.32 Å². The van der Waals surface area contributed by atoms with E-state index in [1.165, 1.54) is 0 Å². The molecule has 0 fully saturated rings. The first-order valence-electron chi connectivity index (χ1n) is 4.68. The molecule has 0 aliphatic heterocycles. The van der Waals surface area contributed by atoms with E-state index < -0.39 is 12.0 Å². The van der Waals surface area contributed by atoms with Crippen LogP contribution in [0.3, 0.4) is 0 Å². The van der Waals surface area contributed by atoms with Crippen LogP contribution in [0.2, 0.25) is 0 Å². The third-order valence-electron chi connectivity index (χ3n) is 1.59. The number of hydrogen-bond acceptors (Lipinski definition) is 3. The second-order valence-corrected chi connectivity index (χ2v) is 2.87. The minimum Gasteiger partial charge on any atom is -0.464 e. The molecular weight excluding hydrogens is 182 g/mol. The smallest absolute Gasteiger partial charge is 0.328 e. The quantitative estimate of drug-likeness (QED) is 0.513. The molecule has 0 spiro atoms. The lowest BCUT2D eigenvalue weighted by Crippen LogP contribution is -2.39. The highest BCUT2D eigenvalue weighted by Crippen LogP contribution is 1.93. The molecule has 4 nitrogen and oxygen atoms in total. The molecule has 80 valence electrons. The van der Waals surface area contributed by atoms with Gasteiger partial charge in [0.25, 0.3) is 0 Å². The standard InChI is InChI=1S/C10H17NO3/c1-4-6-7-9(12)11-8(3)10(13)14-5-2/h4,8H,1,5-7H2,2-3H3,(H,11,12). The Bertz CT molecular complexity index is 213. The van der Waals surface area contributed by atoms with Gasteiger partial charge in [0.2, 0.25) is 5.91 Å². The molecule has 0 heterocycles. The Morgan fingerprint density at radius 3 is 2.71 bits per heavy atom. The second-order valence-electron chi connectivity index (χ2n) is 2.87. The van der Waals surface area contributed by atoms with E-state index in [2.05, 4.69) is 11.9 Å². The number of hydrogen-bond donors (Lipinski definition) is 1. The molecule has 0 aromatic carbocycles. The van der Waals surface area contributed by atoms with Crippen LogP contribution >= 0.6 is 0 Å².